The molecule has 2 aromatic rings. The van der Waals surface area contributed by atoms with Crippen molar-refractivity contribution in [3.8, 4) is 0 Å². The first kappa shape index (κ1) is 22.5. The van der Waals surface area contributed by atoms with Crippen LogP contribution in [-0.2, 0) is 24.1 Å². The summed E-state index contributed by atoms with van der Waals surface area (Å²) in [5.74, 6) is 0. The smallest absolute Gasteiger partial charge is 0.0645 e. The van der Waals surface area contributed by atoms with Crippen molar-refractivity contribution in [2.45, 2.75) is 57.3 Å². The van der Waals surface area contributed by atoms with E-state index < -0.39 is 0 Å². The molecule has 6 rings (SSSR count). The molecule has 34 heavy (non-hydrogen) atoms. The summed E-state index contributed by atoms with van der Waals surface area (Å²) in [7, 11) is 0. The third-order valence-corrected chi connectivity index (χ3v) is 8.54. The SMILES string of the molecule is CCN(C[C@H]1Cc2c(cccc2N2CCN(C3COC3)CC2)CN1)C1CCCc2cccnc21. The van der Waals surface area contributed by atoms with Gasteiger partial charge in [0.25, 0.3) is 0 Å². The summed E-state index contributed by atoms with van der Waals surface area (Å²) in [5.41, 5.74) is 7.30. The number of fused-ring (bicyclic) bond motifs is 2. The van der Waals surface area contributed by atoms with E-state index in [9.17, 15) is 0 Å². The Morgan fingerprint density at radius 3 is 2.74 bits per heavy atom. The monoisotopic (exact) mass is 461 g/mol. The molecule has 0 spiro atoms. The highest BCUT2D eigenvalue weighted by Gasteiger charge is 2.32. The van der Waals surface area contributed by atoms with E-state index in [4.69, 9.17) is 9.72 Å². The highest BCUT2D eigenvalue weighted by molar-refractivity contribution is 5.58. The summed E-state index contributed by atoms with van der Waals surface area (Å²) in [5, 5.41) is 3.87. The van der Waals surface area contributed by atoms with Gasteiger partial charge in [-0.3, -0.25) is 14.8 Å². The molecule has 1 aromatic heterocycles. The van der Waals surface area contributed by atoms with Crippen LogP contribution in [0.2, 0.25) is 0 Å². The maximum absolute atomic E-state index is 5.42. The van der Waals surface area contributed by atoms with E-state index in [0.29, 0.717) is 18.1 Å². The van der Waals surface area contributed by atoms with Gasteiger partial charge in [-0.1, -0.05) is 25.1 Å². The molecule has 0 bridgehead atoms. The molecule has 1 N–H and O–H groups in total. The number of aromatic nitrogens is 1. The number of anilines is 1. The molecule has 2 atom stereocenters. The van der Waals surface area contributed by atoms with Crippen molar-refractivity contribution < 1.29 is 4.74 Å². The van der Waals surface area contributed by atoms with E-state index in [0.717, 1.165) is 65.4 Å². The third kappa shape index (κ3) is 4.37. The lowest BCUT2D eigenvalue weighted by Gasteiger charge is -2.44. The fourth-order valence-electron chi connectivity index (χ4n) is 6.48. The van der Waals surface area contributed by atoms with Gasteiger partial charge in [0.15, 0.2) is 0 Å². The minimum absolute atomic E-state index is 0.456. The number of hydrogen-bond acceptors (Lipinski definition) is 6. The zero-order valence-corrected chi connectivity index (χ0v) is 20.6. The van der Waals surface area contributed by atoms with Gasteiger partial charge in [0.1, 0.15) is 0 Å². The van der Waals surface area contributed by atoms with Crippen LogP contribution in [0, 0.1) is 0 Å². The Kier molecular flexibility index (Phi) is 6.57. The van der Waals surface area contributed by atoms with Crippen LogP contribution in [0.5, 0.6) is 0 Å². The largest absolute Gasteiger partial charge is 0.378 e. The Bertz CT molecular complexity index is 985. The number of nitrogens with one attached hydrogen (secondary N) is 1. The second kappa shape index (κ2) is 9.94. The van der Waals surface area contributed by atoms with Gasteiger partial charge in [-0.2, -0.15) is 0 Å². The van der Waals surface area contributed by atoms with Crippen LogP contribution in [0.15, 0.2) is 36.5 Å². The highest BCUT2D eigenvalue weighted by Crippen LogP contribution is 2.34. The van der Waals surface area contributed by atoms with E-state index in [1.165, 1.54) is 41.8 Å². The zero-order valence-electron chi connectivity index (χ0n) is 20.6. The van der Waals surface area contributed by atoms with Crippen LogP contribution in [0.4, 0.5) is 5.69 Å². The average Bonchev–Trinajstić information content (AvgIpc) is 2.86. The number of benzene rings is 1. The molecule has 1 unspecified atom stereocenters. The Hall–Kier alpha value is -1.99. The second-order valence-electron chi connectivity index (χ2n) is 10.5. The number of hydrogen-bond donors (Lipinski definition) is 1. The molecular formula is C28H39N5O. The maximum Gasteiger partial charge on any atom is 0.0645 e. The first-order valence-electron chi connectivity index (χ1n) is 13.4. The van der Waals surface area contributed by atoms with Gasteiger partial charge >= 0.3 is 0 Å². The van der Waals surface area contributed by atoms with E-state index in [-0.39, 0.29) is 0 Å². The minimum Gasteiger partial charge on any atom is -0.378 e. The molecule has 6 nitrogen and oxygen atoms in total. The van der Waals surface area contributed by atoms with Gasteiger partial charge in [-0.15, -0.1) is 0 Å². The molecule has 4 aliphatic rings. The Morgan fingerprint density at radius 2 is 1.94 bits per heavy atom. The van der Waals surface area contributed by atoms with Crippen LogP contribution in [-0.4, -0.2) is 79.3 Å². The van der Waals surface area contributed by atoms with Crippen molar-refractivity contribution in [2.24, 2.45) is 0 Å². The normalized spacial score (nSPS) is 25.6. The van der Waals surface area contributed by atoms with E-state index >= 15 is 0 Å². The lowest BCUT2D eigenvalue weighted by Crippen LogP contribution is -2.56. The topological polar surface area (TPSA) is 43.9 Å². The first-order chi connectivity index (χ1) is 16.8. The van der Waals surface area contributed by atoms with Gasteiger partial charge in [-0.05, 0) is 61.1 Å². The predicted molar refractivity (Wildman–Crippen MR) is 136 cm³/mol. The molecular weight excluding hydrogens is 422 g/mol. The Balaban J connectivity index is 1.15. The van der Waals surface area contributed by atoms with Gasteiger partial charge in [-0.25, -0.2) is 0 Å². The van der Waals surface area contributed by atoms with Gasteiger partial charge in [0, 0.05) is 57.2 Å². The lowest BCUT2D eigenvalue weighted by atomic mass is 9.89. The third-order valence-electron chi connectivity index (χ3n) is 8.54. The number of aryl methyl sites for hydroxylation is 1. The molecule has 6 heteroatoms. The second-order valence-corrected chi connectivity index (χ2v) is 10.5. The number of pyridine rings is 1. The molecule has 0 amide bonds. The van der Waals surface area contributed by atoms with E-state index in [1.54, 1.807) is 5.56 Å². The van der Waals surface area contributed by atoms with Crippen molar-refractivity contribution in [3.63, 3.8) is 0 Å². The number of piperazine rings is 1. The van der Waals surface area contributed by atoms with Crippen molar-refractivity contribution >= 4 is 5.69 Å². The molecule has 1 aliphatic carbocycles. The van der Waals surface area contributed by atoms with Crippen LogP contribution < -0.4 is 10.2 Å². The number of ether oxygens (including phenoxy) is 1. The van der Waals surface area contributed by atoms with Crippen molar-refractivity contribution in [1.82, 2.24) is 20.1 Å². The summed E-state index contributed by atoms with van der Waals surface area (Å²) >= 11 is 0. The first-order valence-corrected chi connectivity index (χ1v) is 13.4. The molecule has 0 radical (unpaired) electrons. The molecule has 2 fully saturated rings. The van der Waals surface area contributed by atoms with Crippen LogP contribution in [0.3, 0.4) is 0 Å². The molecule has 1 aromatic carbocycles. The summed E-state index contributed by atoms with van der Waals surface area (Å²) in [6.45, 7) is 11.8. The number of rotatable bonds is 6. The molecule has 2 saturated heterocycles. The highest BCUT2D eigenvalue weighted by atomic mass is 16.5. The summed E-state index contributed by atoms with van der Waals surface area (Å²) < 4.78 is 5.42. The van der Waals surface area contributed by atoms with Crippen LogP contribution >= 0.6 is 0 Å². The summed E-state index contributed by atoms with van der Waals surface area (Å²) in [4.78, 5) is 12.8. The van der Waals surface area contributed by atoms with Crippen LogP contribution in [0.25, 0.3) is 0 Å². The standard InChI is InChI=1S/C28H39N5O/c1-2-31(27-10-3-6-21-8-5-11-29-28(21)27)18-23-16-25-22(17-30-23)7-4-9-26(25)33-14-12-32(13-15-33)24-19-34-20-24/h4-5,7-9,11,23-24,27,30H,2-3,6,10,12-20H2,1H3/t23-,27?/m1/s1. The molecule has 0 saturated carbocycles. The Labute approximate surface area is 204 Å². The predicted octanol–water partition coefficient (Wildman–Crippen LogP) is 3.02. The molecule has 3 aliphatic heterocycles. The fourth-order valence-corrected chi connectivity index (χ4v) is 6.48. The van der Waals surface area contributed by atoms with Gasteiger partial charge in [0.05, 0.1) is 31.0 Å². The molecule has 182 valence electrons. The Morgan fingerprint density at radius 1 is 1.09 bits per heavy atom. The van der Waals surface area contributed by atoms with Gasteiger partial charge in [0.2, 0.25) is 0 Å². The summed E-state index contributed by atoms with van der Waals surface area (Å²) in [6, 6.07) is 12.9. The van der Waals surface area contributed by atoms with E-state index in [2.05, 4.69) is 57.3 Å². The van der Waals surface area contributed by atoms with Crippen LogP contribution in [0.1, 0.15) is 48.2 Å². The quantitative estimate of drug-likeness (QED) is 0.714. The van der Waals surface area contributed by atoms with E-state index in [1.807, 2.05) is 6.20 Å². The van der Waals surface area contributed by atoms with Crippen molar-refractivity contribution in [2.75, 3.05) is 57.4 Å². The minimum atomic E-state index is 0.456. The molecule has 4 heterocycles. The number of likely N-dealkylation sites (N-methyl/N-ethyl adjacent to an activating group) is 1. The fraction of sp³-hybridized carbons (Fsp3) is 0.607. The lowest BCUT2D eigenvalue weighted by molar-refractivity contribution is -0.0660. The maximum atomic E-state index is 5.42. The van der Waals surface area contributed by atoms with Crippen molar-refractivity contribution in [3.05, 3.63) is 58.9 Å². The average molecular weight is 462 g/mol. The van der Waals surface area contributed by atoms with Gasteiger partial charge < -0.3 is 15.0 Å². The zero-order chi connectivity index (χ0) is 22.9. The van der Waals surface area contributed by atoms with Crippen molar-refractivity contribution in [1.29, 1.82) is 0 Å². The summed E-state index contributed by atoms with van der Waals surface area (Å²) in [6.07, 6.45) is 6.76. The number of nitrogens with zero attached hydrogens (tertiary/aromatic N) is 4.